The van der Waals surface area contributed by atoms with Gasteiger partial charge in [0.25, 0.3) is 0 Å². The van der Waals surface area contributed by atoms with E-state index in [1.807, 2.05) is 0 Å². The van der Waals surface area contributed by atoms with Crippen LogP contribution in [-0.2, 0) is 10.0 Å². The van der Waals surface area contributed by atoms with E-state index in [-0.39, 0.29) is 12.4 Å². The van der Waals surface area contributed by atoms with Crippen molar-refractivity contribution >= 4 is 22.4 Å². The van der Waals surface area contributed by atoms with Gasteiger partial charge in [-0.15, -0.1) is 12.4 Å². The summed E-state index contributed by atoms with van der Waals surface area (Å²) in [4.78, 5) is 1.58. The van der Waals surface area contributed by atoms with E-state index in [4.69, 9.17) is 0 Å². The first-order valence-corrected chi connectivity index (χ1v) is 3.13. The van der Waals surface area contributed by atoms with Crippen LogP contribution in [0, 0.1) is 0 Å². The van der Waals surface area contributed by atoms with Crippen LogP contribution in [-0.4, -0.2) is 14.7 Å². The highest BCUT2D eigenvalue weighted by atomic mass is 35.5. The predicted octanol–water partition coefficient (Wildman–Crippen LogP) is -1.17. The molecule has 0 aliphatic rings. The molecule has 3 N–H and O–H groups in total. The van der Waals surface area contributed by atoms with Gasteiger partial charge in [0.2, 0.25) is 10.0 Å². The molecule has 0 heterocycles. The molecule has 0 aromatic heterocycles. The standard InChI is InChI=1S/CH6N2O2S.ClH/c1-6(4,5)3-2;/h3H,2H2,1H3;1H. The molecule has 0 aromatic rings. The zero-order valence-corrected chi connectivity index (χ0v) is 5.34. The van der Waals surface area contributed by atoms with Gasteiger partial charge in [-0.3, -0.25) is 5.84 Å². The van der Waals surface area contributed by atoms with Crippen molar-refractivity contribution < 1.29 is 8.42 Å². The van der Waals surface area contributed by atoms with Crippen LogP contribution in [0.2, 0.25) is 0 Å². The monoisotopic (exact) mass is 146 g/mol. The number of nitrogens with one attached hydrogen (secondary N) is 1. The average Bonchev–Trinajstić information content (AvgIpc) is 1.35. The van der Waals surface area contributed by atoms with Crippen LogP contribution in [0.1, 0.15) is 0 Å². The summed E-state index contributed by atoms with van der Waals surface area (Å²) in [7, 11) is -3.13. The van der Waals surface area contributed by atoms with Crippen LogP contribution in [0.15, 0.2) is 0 Å². The van der Waals surface area contributed by atoms with Crippen molar-refractivity contribution in [2.75, 3.05) is 6.26 Å². The topological polar surface area (TPSA) is 72.2 Å². The number of hydrazine groups is 1. The van der Waals surface area contributed by atoms with Gasteiger partial charge in [0, 0.05) is 0 Å². The maximum Gasteiger partial charge on any atom is 0.221 e. The summed E-state index contributed by atoms with van der Waals surface area (Å²) in [6, 6.07) is 0. The fourth-order valence-electron chi connectivity index (χ4n) is 0. The van der Waals surface area contributed by atoms with E-state index in [9.17, 15) is 8.42 Å². The third kappa shape index (κ3) is 10.7. The average molecular weight is 147 g/mol. The number of halogens is 1. The van der Waals surface area contributed by atoms with Crippen LogP contribution in [0.25, 0.3) is 0 Å². The van der Waals surface area contributed by atoms with Crippen LogP contribution in [0.3, 0.4) is 0 Å². The lowest BCUT2D eigenvalue weighted by Gasteiger charge is -1.85. The Balaban J connectivity index is 0. The number of rotatable bonds is 1. The molecule has 0 spiro atoms. The molecule has 0 bridgehead atoms. The molecule has 4 nitrogen and oxygen atoms in total. The van der Waals surface area contributed by atoms with Gasteiger partial charge >= 0.3 is 0 Å². The number of sulfonamides is 1. The van der Waals surface area contributed by atoms with Gasteiger partial charge in [0.05, 0.1) is 6.26 Å². The summed E-state index contributed by atoms with van der Waals surface area (Å²) in [5.41, 5.74) is 0. The van der Waals surface area contributed by atoms with E-state index < -0.39 is 10.0 Å². The molecule has 0 fully saturated rings. The fourth-order valence-corrected chi connectivity index (χ4v) is 0. The molecule has 0 rings (SSSR count). The van der Waals surface area contributed by atoms with Crippen molar-refractivity contribution in [2.45, 2.75) is 0 Å². The Morgan fingerprint density at radius 2 is 1.71 bits per heavy atom. The molecule has 6 heteroatoms. The minimum absolute atomic E-state index is 0. The van der Waals surface area contributed by atoms with Gasteiger partial charge in [-0.25, -0.2) is 8.42 Å². The van der Waals surface area contributed by atoms with Crippen molar-refractivity contribution in [2.24, 2.45) is 5.84 Å². The Morgan fingerprint density at radius 1 is 1.57 bits per heavy atom. The first kappa shape index (κ1) is 10.2. The van der Waals surface area contributed by atoms with Crippen LogP contribution in [0.4, 0.5) is 0 Å². The van der Waals surface area contributed by atoms with E-state index in [1.165, 1.54) is 0 Å². The summed E-state index contributed by atoms with van der Waals surface area (Å²) >= 11 is 0. The molecule has 0 aliphatic carbocycles. The van der Waals surface area contributed by atoms with Crippen molar-refractivity contribution in [3.8, 4) is 0 Å². The molecule has 7 heavy (non-hydrogen) atoms. The Bertz CT molecular complexity index is 118. The number of hydrogen-bond acceptors (Lipinski definition) is 3. The Kier molecular flexibility index (Phi) is 4.66. The zero-order valence-electron chi connectivity index (χ0n) is 3.71. The first-order valence-electron chi connectivity index (χ1n) is 1.23. The maximum absolute atomic E-state index is 9.76. The van der Waals surface area contributed by atoms with Gasteiger partial charge < -0.3 is 0 Å². The van der Waals surface area contributed by atoms with Crippen LogP contribution >= 0.6 is 12.4 Å². The van der Waals surface area contributed by atoms with Gasteiger partial charge in [0.1, 0.15) is 0 Å². The minimum Gasteiger partial charge on any atom is -0.258 e. The lowest BCUT2D eigenvalue weighted by molar-refractivity contribution is 0.590. The zero-order chi connectivity index (χ0) is 5.21. The van der Waals surface area contributed by atoms with E-state index in [0.717, 1.165) is 6.26 Å². The highest BCUT2D eigenvalue weighted by Crippen LogP contribution is 1.60. The predicted molar refractivity (Wildman–Crippen MR) is 29.4 cm³/mol. The van der Waals surface area contributed by atoms with E-state index in [2.05, 4.69) is 5.84 Å². The molecule has 46 valence electrons. The van der Waals surface area contributed by atoms with Crippen molar-refractivity contribution in [1.82, 2.24) is 4.83 Å². The molecule has 0 unspecified atom stereocenters. The summed E-state index contributed by atoms with van der Waals surface area (Å²) in [5.74, 6) is 4.47. The van der Waals surface area contributed by atoms with Gasteiger partial charge in [0.15, 0.2) is 0 Å². The highest BCUT2D eigenvalue weighted by Gasteiger charge is 1.88. The van der Waals surface area contributed by atoms with Crippen molar-refractivity contribution in [3.05, 3.63) is 0 Å². The first-order chi connectivity index (χ1) is 2.56. The molecule has 0 saturated carbocycles. The quantitative estimate of drug-likeness (QED) is 0.362. The van der Waals surface area contributed by atoms with E-state index >= 15 is 0 Å². The van der Waals surface area contributed by atoms with Gasteiger partial charge in [-0.05, 0) is 0 Å². The fraction of sp³-hybridized carbons (Fsp3) is 1.00. The molecule has 0 aliphatic heterocycles. The highest BCUT2D eigenvalue weighted by molar-refractivity contribution is 7.88. The van der Waals surface area contributed by atoms with E-state index in [1.54, 1.807) is 4.83 Å². The summed E-state index contributed by atoms with van der Waals surface area (Å²) in [6.07, 6.45) is 0.979. The summed E-state index contributed by atoms with van der Waals surface area (Å²) < 4.78 is 19.5. The molecule has 0 aromatic carbocycles. The molecule has 0 saturated heterocycles. The Labute approximate surface area is 48.5 Å². The third-order valence-electron chi connectivity index (χ3n) is 0.214. The van der Waals surface area contributed by atoms with E-state index in [0.29, 0.717) is 0 Å². The largest absolute Gasteiger partial charge is 0.258 e. The molecule has 0 radical (unpaired) electrons. The molecule has 0 atom stereocenters. The second-order valence-corrected chi connectivity index (χ2v) is 2.67. The van der Waals surface area contributed by atoms with Crippen molar-refractivity contribution in [3.63, 3.8) is 0 Å². The molecule has 0 amide bonds. The molecular formula is CH7ClN2O2S. The normalized spacial score (nSPS) is 10.0. The third-order valence-corrected chi connectivity index (χ3v) is 0.642. The maximum atomic E-state index is 9.76. The Morgan fingerprint density at radius 3 is 1.71 bits per heavy atom. The summed E-state index contributed by atoms with van der Waals surface area (Å²) in [5, 5.41) is 0. The number of hydrogen-bond donors (Lipinski definition) is 2. The Hall–Kier alpha value is 0.160. The van der Waals surface area contributed by atoms with Crippen LogP contribution in [0.5, 0.6) is 0 Å². The lowest BCUT2D eigenvalue weighted by atomic mass is 12.0. The van der Waals surface area contributed by atoms with Gasteiger partial charge in [-0.2, -0.15) is 4.83 Å². The number of nitrogens with two attached hydrogens (primary N) is 1. The SMILES string of the molecule is CS(=O)(=O)NN.Cl. The van der Waals surface area contributed by atoms with Crippen LogP contribution < -0.4 is 10.7 Å². The second-order valence-electron chi connectivity index (χ2n) is 0.890. The lowest BCUT2D eigenvalue weighted by Crippen LogP contribution is -2.28. The smallest absolute Gasteiger partial charge is 0.221 e. The van der Waals surface area contributed by atoms with Crippen molar-refractivity contribution in [1.29, 1.82) is 0 Å². The minimum atomic E-state index is -3.13. The second kappa shape index (κ2) is 3.20. The molecular weight excluding hydrogens is 140 g/mol. The summed E-state index contributed by atoms with van der Waals surface area (Å²) in [6.45, 7) is 0. The van der Waals surface area contributed by atoms with Gasteiger partial charge in [-0.1, -0.05) is 0 Å².